The van der Waals surface area contributed by atoms with Crippen molar-refractivity contribution in [3.63, 3.8) is 0 Å². The predicted octanol–water partition coefficient (Wildman–Crippen LogP) is 5.82. The van der Waals surface area contributed by atoms with Crippen molar-refractivity contribution in [3.8, 4) is 0 Å². The van der Waals surface area contributed by atoms with Crippen LogP contribution in [0.4, 0.5) is 4.79 Å². The summed E-state index contributed by atoms with van der Waals surface area (Å²) in [4.78, 5) is 21.2. The second-order valence-corrected chi connectivity index (χ2v) is 8.06. The molecule has 0 amide bonds. The van der Waals surface area contributed by atoms with Crippen molar-refractivity contribution in [1.29, 1.82) is 0 Å². The summed E-state index contributed by atoms with van der Waals surface area (Å²) in [7, 11) is 0. The maximum Gasteiger partial charge on any atom is 0.542 e. The summed E-state index contributed by atoms with van der Waals surface area (Å²) in [6.45, 7) is 11.5. The summed E-state index contributed by atoms with van der Waals surface area (Å²) >= 11 is 0. The van der Waals surface area contributed by atoms with Gasteiger partial charge < -0.3 is 4.74 Å². The number of hydrogen-bond acceptors (Lipinski definition) is 5. The molecule has 0 aromatic carbocycles. The second-order valence-electron chi connectivity index (χ2n) is 8.06. The molecule has 1 fully saturated rings. The van der Waals surface area contributed by atoms with E-state index < -0.39 is 6.16 Å². The molecule has 0 aromatic rings. The van der Waals surface area contributed by atoms with Crippen molar-refractivity contribution in [1.82, 2.24) is 0 Å². The van der Waals surface area contributed by atoms with Crippen LogP contribution in [0.3, 0.4) is 0 Å². The Hall–Kier alpha value is -0.810. The van der Waals surface area contributed by atoms with Gasteiger partial charge in [0.1, 0.15) is 6.10 Å². The minimum absolute atomic E-state index is 0.0763. The molecular formula is C19H36O5. The minimum Gasteiger partial charge on any atom is -0.429 e. The molecule has 0 saturated heterocycles. The Kier molecular flexibility index (Phi) is 9.67. The number of ether oxygens (including phenoxy) is 1. The van der Waals surface area contributed by atoms with Gasteiger partial charge in [-0.15, -0.1) is 0 Å². The number of carbonyl (C=O) groups excluding carboxylic acids is 1. The van der Waals surface area contributed by atoms with Gasteiger partial charge in [0.05, 0.1) is 6.61 Å². The van der Waals surface area contributed by atoms with Crippen molar-refractivity contribution in [3.05, 3.63) is 0 Å². The summed E-state index contributed by atoms with van der Waals surface area (Å²) in [6.07, 6.45) is 7.48. The average molecular weight is 344 g/mol. The molecule has 0 aliphatic heterocycles. The lowest BCUT2D eigenvalue weighted by Crippen LogP contribution is -2.30. The van der Waals surface area contributed by atoms with Gasteiger partial charge in [0.15, 0.2) is 0 Å². The minimum atomic E-state index is -0.809. The van der Waals surface area contributed by atoms with Crippen LogP contribution in [0.1, 0.15) is 86.0 Å². The normalized spacial score (nSPS) is 22.9. The van der Waals surface area contributed by atoms with E-state index >= 15 is 0 Å². The first kappa shape index (κ1) is 21.2. The molecule has 0 N–H and O–H groups in total. The first-order chi connectivity index (χ1) is 11.4. The third-order valence-corrected chi connectivity index (χ3v) is 5.16. The highest BCUT2D eigenvalue weighted by molar-refractivity contribution is 5.59. The SMILES string of the molecule is CCCCC(CC)COOOC(=O)OC1CCC(C(C)(C)C)CC1. The van der Waals surface area contributed by atoms with Crippen molar-refractivity contribution in [2.24, 2.45) is 17.3 Å². The van der Waals surface area contributed by atoms with E-state index in [-0.39, 0.29) is 6.10 Å². The van der Waals surface area contributed by atoms with E-state index in [0.29, 0.717) is 23.9 Å². The number of unbranched alkanes of at least 4 members (excludes halogenated alkanes) is 1. The largest absolute Gasteiger partial charge is 0.542 e. The summed E-state index contributed by atoms with van der Waals surface area (Å²) in [6, 6.07) is 0. The van der Waals surface area contributed by atoms with Gasteiger partial charge in [-0.05, 0) is 54.4 Å². The van der Waals surface area contributed by atoms with Gasteiger partial charge in [-0.1, -0.05) is 53.9 Å². The number of carbonyl (C=O) groups is 1. The van der Waals surface area contributed by atoms with Gasteiger partial charge in [0.25, 0.3) is 0 Å². The zero-order valence-electron chi connectivity index (χ0n) is 16.1. The molecule has 5 heteroatoms. The van der Waals surface area contributed by atoms with Gasteiger partial charge in [-0.25, -0.2) is 9.68 Å². The lowest BCUT2D eigenvalue weighted by atomic mass is 9.72. The van der Waals surface area contributed by atoms with Crippen LogP contribution < -0.4 is 0 Å². The van der Waals surface area contributed by atoms with E-state index in [1.165, 1.54) is 6.42 Å². The molecule has 1 aliphatic rings. The highest BCUT2D eigenvalue weighted by Crippen LogP contribution is 2.38. The second kappa shape index (κ2) is 10.9. The summed E-state index contributed by atoms with van der Waals surface area (Å²) < 4.78 is 5.28. The fourth-order valence-electron chi connectivity index (χ4n) is 3.28. The molecular weight excluding hydrogens is 308 g/mol. The van der Waals surface area contributed by atoms with E-state index in [1.807, 2.05) is 0 Å². The Bertz CT molecular complexity index is 342. The molecule has 0 heterocycles. The van der Waals surface area contributed by atoms with Gasteiger partial charge in [0.2, 0.25) is 0 Å². The van der Waals surface area contributed by atoms with Crippen LogP contribution in [-0.2, 0) is 19.6 Å². The zero-order chi connectivity index (χ0) is 18.0. The fourth-order valence-corrected chi connectivity index (χ4v) is 3.28. The van der Waals surface area contributed by atoms with Crippen molar-refractivity contribution in [2.75, 3.05) is 6.61 Å². The third-order valence-electron chi connectivity index (χ3n) is 5.16. The first-order valence-electron chi connectivity index (χ1n) is 9.53. The molecule has 1 rings (SSSR count). The molecule has 0 radical (unpaired) electrons. The maximum atomic E-state index is 11.6. The monoisotopic (exact) mass is 344 g/mol. The zero-order valence-corrected chi connectivity index (χ0v) is 16.1. The Balaban J connectivity index is 2.12. The van der Waals surface area contributed by atoms with Gasteiger partial charge in [-0.2, -0.15) is 4.89 Å². The summed E-state index contributed by atoms with van der Waals surface area (Å²) in [5.41, 5.74) is 0.316. The van der Waals surface area contributed by atoms with Crippen molar-refractivity contribution < 1.29 is 24.3 Å². The van der Waals surface area contributed by atoms with E-state index in [4.69, 9.17) is 9.62 Å². The van der Waals surface area contributed by atoms with E-state index in [9.17, 15) is 4.79 Å². The van der Waals surface area contributed by atoms with Crippen LogP contribution in [0.15, 0.2) is 0 Å². The summed E-state index contributed by atoms with van der Waals surface area (Å²) in [5.74, 6) is 1.11. The van der Waals surface area contributed by atoms with E-state index in [2.05, 4.69) is 44.5 Å². The molecule has 1 saturated carbocycles. The van der Waals surface area contributed by atoms with Crippen LogP contribution >= 0.6 is 0 Å². The molecule has 0 bridgehead atoms. The third kappa shape index (κ3) is 8.34. The highest BCUT2D eigenvalue weighted by Gasteiger charge is 2.31. The van der Waals surface area contributed by atoms with Gasteiger partial charge >= 0.3 is 6.16 Å². The topological polar surface area (TPSA) is 54.0 Å². The maximum absolute atomic E-state index is 11.6. The number of rotatable bonds is 9. The standard InChI is InChI=1S/C19H36O5/c1-6-8-9-15(7-2)14-21-24-23-18(20)22-17-12-10-16(11-13-17)19(3,4)5/h15-17H,6-14H2,1-5H3. The average Bonchev–Trinajstić information content (AvgIpc) is 2.54. The molecule has 0 spiro atoms. The molecule has 0 aromatic heterocycles. The van der Waals surface area contributed by atoms with Crippen LogP contribution in [-0.4, -0.2) is 18.9 Å². The molecule has 1 unspecified atom stereocenters. The van der Waals surface area contributed by atoms with Crippen LogP contribution in [0.2, 0.25) is 0 Å². The quantitative estimate of drug-likeness (QED) is 0.228. The van der Waals surface area contributed by atoms with Crippen molar-refractivity contribution >= 4 is 6.16 Å². The molecule has 5 nitrogen and oxygen atoms in total. The molecule has 1 aliphatic carbocycles. The lowest BCUT2D eigenvalue weighted by molar-refractivity contribution is -0.489. The van der Waals surface area contributed by atoms with Crippen LogP contribution in [0.25, 0.3) is 0 Å². The first-order valence-corrected chi connectivity index (χ1v) is 9.53. The Morgan fingerprint density at radius 2 is 1.79 bits per heavy atom. The molecule has 142 valence electrons. The van der Waals surface area contributed by atoms with Crippen LogP contribution in [0.5, 0.6) is 0 Å². The van der Waals surface area contributed by atoms with E-state index in [0.717, 1.165) is 44.9 Å². The Morgan fingerprint density at radius 1 is 1.12 bits per heavy atom. The Morgan fingerprint density at radius 3 is 2.33 bits per heavy atom. The molecule has 24 heavy (non-hydrogen) atoms. The summed E-state index contributed by atoms with van der Waals surface area (Å²) in [5, 5.41) is 4.55. The predicted molar refractivity (Wildman–Crippen MR) is 93.1 cm³/mol. The highest BCUT2D eigenvalue weighted by atomic mass is 17.5. The lowest BCUT2D eigenvalue weighted by Gasteiger charge is -2.36. The fraction of sp³-hybridized carbons (Fsp3) is 0.947. The van der Waals surface area contributed by atoms with E-state index in [1.54, 1.807) is 0 Å². The molecule has 1 atom stereocenters. The smallest absolute Gasteiger partial charge is 0.429 e. The van der Waals surface area contributed by atoms with Crippen molar-refractivity contribution in [2.45, 2.75) is 92.1 Å². The van der Waals surface area contributed by atoms with Gasteiger partial charge in [0, 0.05) is 0 Å². The van der Waals surface area contributed by atoms with Gasteiger partial charge in [-0.3, -0.25) is 0 Å². The van der Waals surface area contributed by atoms with Crippen LogP contribution in [0, 0.1) is 17.3 Å². The Labute approximate surface area is 147 Å². The number of hydrogen-bond donors (Lipinski definition) is 0.